The van der Waals surface area contributed by atoms with Crippen molar-refractivity contribution in [3.63, 3.8) is 0 Å². The van der Waals surface area contributed by atoms with E-state index in [9.17, 15) is 17.6 Å². The number of amides is 1. The summed E-state index contributed by atoms with van der Waals surface area (Å²) in [6.07, 6.45) is 2.58. The van der Waals surface area contributed by atoms with Crippen LogP contribution in [-0.2, 0) is 21.4 Å². The number of rotatable bonds is 7. The molecule has 1 fully saturated rings. The molecule has 8 heteroatoms. The number of halogens is 1. The van der Waals surface area contributed by atoms with Crippen molar-refractivity contribution < 1.29 is 17.6 Å². The third-order valence-electron chi connectivity index (χ3n) is 4.76. The second-order valence-electron chi connectivity index (χ2n) is 6.70. The predicted octanol–water partition coefficient (Wildman–Crippen LogP) is 3.38. The minimum absolute atomic E-state index is 0.0301. The SMILES string of the molecule is O=C(CCC1CCCN(S(=O)(=O)c2ccccc2F)C1)NCc1cccs1. The molecule has 0 spiro atoms. The summed E-state index contributed by atoms with van der Waals surface area (Å²) in [6.45, 7) is 1.24. The molecule has 1 amide bonds. The minimum atomic E-state index is -3.84. The normalized spacial score (nSPS) is 18.3. The zero-order valence-electron chi connectivity index (χ0n) is 14.9. The first-order chi connectivity index (χ1) is 13.0. The number of piperidine rings is 1. The van der Waals surface area contributed by atoms with Crippen molar-refractivity contribution in [3.8, 4) is 0 Å². The van der Waals surface area contributed by atoms with Crippen LogP contribution in [0, 0.1) is 11.7 Å². The molecule has 3 rings (SSSR count). The third kappa shape index (κ3) is 5.15. The van der Waals surface area contributed by atoms with Crippen LogP contribution < -0.4 is 5.32 Å². The molecule has 1 aromatic carbocycles. The number of hydrogen-bond donors (Lipinski definition) is 1. The van der Waals surface area contributed by atoms with Gasteiger partial charge in [0.1, 0.15) is 10.7 Å². The maximum Gasteiger partial charge on any atom is 0.245 e. The Morgan fingerprint density at radius 3 is 2.81 bits per heavy atom. The Morgan fingerprint density at radius 1 is 1.26 bits per heavy atom. The fourth-order valence-corrected chi connectivity index (χ4v) is 5.56. The smallest absolute Gasteiger partial charge is 0.245 e. The third-order valence-corrected chi connectivity index (χ3v) is 7.53. The van der Waals surface area contributed by atoms with Crippen LogP contribution >= 0.6 is 11.3 Å². The highest BCUT2D eigenvalue weighted by Gasteiger charge is 2.31. The van der Waals surface area contributed by atoms with E-state index < -0.39 is 15.8 Å². The molecule has 0 aliphatic carbocycles. The van der Waals surface area contributed by atoms with Crippen LogP contribution in [0.15, 0.2) is 46.7 Å². The number of nitrogens with zero attached hydrogens (tertiary/aromatic N) is 1. The molecule has 1 N–H and O–H groups in total. The molecule has 0 bridgehead atoms. The van der Waals surface area contributed by atoms with Gasteiger partial charge in [-0.1, -0.05) is 18.2 Å². The monoisotopic (exact) mass is 410 g/mol. The molecule has 27 heavy (non-hydrogen) atoms. The zero-order chi connectivity index (χ0) is 19.3. The van der Waals surface area contributed by atoms with Crippen LogP contribution in [0.5, 0.6) is 0 Å². The lowest BCUT2D eigenvalue weighted by molar-refractivity contribution is -0.121. The largest absolute Gasteiger partial charge is 0.351 e. The van der Waals surface area contributed by atoms with E-state index in [1.165, 1.54) is 22.5 Å². The Labute approximate surface area is 163 Å². The second kappa shape index (κ2) is 8.95. The van der Waals surface area contributed by atoms with Gasteiger partial charge in [0.2, 0.25) is 15.9 Å². The predicted molar refractivity (Wildman–Crippen MR) is 103 cm³/mol. The number of carbonyl (C=O) groups excluding carboxylic acids is 1. The highest BCUT2D eigenvalue weighted by molar-refractivity contribution is 7.89. The number of carbonyl (C=O) groups is 1. The second-order valence-corrected chi connectivity index (χ2v) is 9.64. The van der Waals surface area contributed by atoms with Crippen LogP contribution in [0.1, 0.15) is 30.6 Å². The van der Waals surface area contributed by atoms with Crippen molar-refractivity contribution in [1.82, 2.24) is 9.62 Å². The van der Waals surface area contributed by atoms with Crippen LogP contribution in [0.4, 0.5) is 4.39 Å². The van der Waals surface area contributed by atoms with Gasteiger partial charge in [-0.2, -0.15) is 4.31 Å². The van der Waals surface area contributed by atoms with E-state index >= 15 is 0 Å². The van der Waals surface area contributed by atoms with Gasteiger partial charge in [-0.25, -0.2) is 12.8 Å². The van der Waals surface area contributed by atoms with E-state index in [0.29, 0.717) is 32.5 Å². The minimum Gasteiger partial charge on any atom is -0.351 e. The lowest BCUT2D eigenvalue weighted by Gasteiger charge is -2.32. The quantitative estimate of drug-likeness (QED) is 0.761. The number of hydrogen-bond acceptors (Lipinski definition) is 4. The molecule has 1 aromatic heterocycles. The molecule has 2 heterocycles. The van der Waals surface area contributed by atoms with Crippen molar-refractivity contribution in [2.45, 2.75) is 37.1 Å². The van der Waals surface area contributed by atoms with Crippen molar-refractivity contribution in [2.24, 2.45) is 5.92 Å². The van der Waals surface area contributed by atoms with Crippen LogP contribution in [0.2, 0.25) is 0 Å². The first-order valence-electron chi connectivity index (χ1n) is 9.00. The first-order valence-corrected chi connectivity index (χ1v) is 11.3. The summed E-state index contributed by atoms with van der Waals surface area (Å²) in [6, 6.07) is 9.37. The molecule has 146 valence electrons. The fourth-order valence-electron chi connectivity index (χ4n) is 3.30. The standard InChI is InChI=1S/C19H23FN2O3S2/c20-17-7-1-2-8-18(17)27(24,25)22-11-3-5-15(14-22)9-10-19(23)21-13-16-6-4-12-26-16/h1-2,4,6-8,12,15H,3,5,9-11,13-14H2,(H,21,23). The average molecular weight is 411 g/mol. The summed E-state index contributed by atoms with van der Waals surface area (Å²) < 4.78 is 40.8. The van der Waals surface area contributed by atoms with Gasteiger partial charge in [0, 0.05) is 24.4 Å². The van der Waals surface area contributed by atoms with Crippen LogP contribution in [-0.4, -0.2) is 31.7 Å². The molecule has 0 saturated carbocycles. The Bertz CT molecular complexity index is 869. The molecule has 0 radical (unpaired) electrons. The number of thiophene rings is 1. The highest BCUT2D eigenvalue weighted by Crippen LogP contribution is 2.27. The summed E-state index contributed by atoms with van der Waals surface area (Å²) in [7, 11) is -3.84. The first kappa shape index (κ1) is 20.0. The van der Waals surface area contributed by atoms with E-state index in [-0.39, 0.29) is 16.7 Å². The Kier molecular flexibility index (Phi) is 6.62. The summed E-state index contributed by atoms with van der Waals surface area (Å²) in [4.78, 5) is 12.9. The van der Waals surface area contributed by atoms with Gasteiger partial charge in [0.15, 0.2) is 0 Å². The highest BCUT2D eigenvalue weighted by atomic mass is 32.2. The van der Waals surface area contributed by atoms with E-state index in [0.717, 1.165) is 23.8 Å². The van der Waals surface area contributed by atoms with Crippen molar-refractivity contribution >= 4 is 27.3 Å². The molecule has 1 aliphatic rings. The molecular formula is C19H23FN2O3S2. The maximum atomic E-state index is 13.9. The molecule has 1 aliphatic heterocycles. The van der Waals surface area contributed by atoms with E-state index in [1.54, 1.807) is 11.3 Å². The summed E-state index contributed by atoms with van der Waals surface area (Å²) in [5.74, 6) is -0.655. The topological polar surface area (TPSA) is 66.5 Å². The molecule has 1 atom stereocenters. The van der Waals surface area contributed by atoms with E-state index in [4.69, 9.17) is 0 Å². The Hall–Kier alpha value is -1.77. The summed E-state index contributed by atoms with van der Waals surface area (Å²) in [5.41, 5.74) is 0. The Balaban J connectivity index is 1.53. The molecular weight excluding hydrogens is 387 g/mol. The number of benzene rings is 1. The van der Waals surface area contributed by atoms with Gasteiger partial charge in [0.25, 0.3) is 0 Å². The lowest BCUT2D eigenvalue weighted by atomic mass is 9.94. The van der Waals surface area contributed by atoms with E-state index in [1.807, 2.05) is 17.5 Å². The molecule has 2 aromatic rings. The van der Waals surface area contributed by atoms with Crippen molar-refractivity contribution in [2.75, 3.05) is 13.1 Å². The van der Waals surface area contributed by atoms with Gasteiger partial charge in [0.05, 0.1) is 6.54 Å². The summed E-state index contributed by atoms with van der Waals surface area (Å²) in [5, 5.41) is 4.86. The zero-order valence-corrected chi connectivity index (χ0v) is 16.6. The van der Waals surface area contributed by atoms with Gasteiger partial charge in [-0.05, 0) is 48.8 Å². The van der Waals surface area contributed by atoms with Crippen molar-refractivity contribution in [1.29, 1.82) is 0 Å². The van der Waals surface area contributed by atoms with Gasteiger partial charge < -0.3 is 5.32 Å². The number of nitrogens with one attached hydrogen (secondary N) is 1. The summed E-state index contributed by atoms with van der Waals surface area (Å²) >= 11 is 1.59. The maximum absolute atomic E-state index is 13.9. The molecule has 1 unspecified atom stereocenters. The van der Waals surface area contributed by atoms with Gasteiger partial charge in [-0.15, -0.1) is 11.3 Å². The van der Waals surface area contributed by atoms with Gasteiger partial charge >= 0.3 is 0 Å². The molecule has 1 saturated heterocycles. The Morgan fingerprint density at radius 2 is 2.07 bits per heavy atom. The fraction of sp³-hybridized carbons (Fsp3) is 0.421. The number of sulfonamides is 1. The van der Waals surface area contributed by atoms with Gasteiger partial charge in [-0.3, -0.25) is 4.79 Å². The van der Waals surface area contributed by atoms with Crippen LogP contribution in [0.3, 0.4) is 0 Å². The lowest BCUT2D eigenvalue weighted by Crippen LogP contribution is -2.40. The average Bonchev–Trinajstić information content (AvgIpc) is 3.19. The van der Waals surface area contributed by atoms with Crippen molar-refractivity contribution in [3.05, 3.63) is 52.5 Å². The van der Waals surface area contributed by atoms with E-state index in [2.05, 4.69) is 5.32 Å². The van der Waals surface area contributed by atoms with Crippen LogP contribution in [0.25, 0.3) is 0 Å². The molecule has 5 nitrogen and oxygen atoms in total.